The topological polar surface area (TPSA) is 29.0 Å². The maximum Gasteiger partial charge on any atom is 0.137 e. The fourth-order valence-electron chi connectivity index (χ4n) is 2.89. The molecule has 18 heavy (non-hydrogen) atoms. The Morgan fingerprint density at radius 2 is 1.94 bits per heavy atom. The average molecular weight is 266 g/mol. The molecule has 2 aliphatic rings. The number of aromatic nitrogens is 2. The summed E-state index contributed by atoms with van der Waals surface area (Å²) in [5.41, 5.74) is 1.03. The average Bonchev–Trinajstić information content (AvgIpc) is 3.09. The van der Waals surface area contributed by atoms with E-state index in [1.807, 2.05) is 6.92 Å². The lowest BCUT2D eigenvalue weighted by Crippen LogP contribution is -2.29. The van der Waals surface area contributed by atoms with Crippen LogP contribution in [0.3, 0.4) is 0 Å². The first kappa shape index (κ1) is 12.2. The van der Waals surface area contributed by atoms with Crippen molar-refractivity contribution in [1.29, 1.82) is 0 Å². The summed E-state index contributed by atoms with van der Waals surface area (Å²) in [6, 6.07) is 0.553. The summed E-state index contributed by atoms with van der Waals surface area (Å²) in [5.74, 6) is 3.30. The second-order valence-electron chi connectivity index (χ2n) is 5.94. The highest BCUT2D eigenvalue weighted by atomic mass is 35.5. The molecule has 2 fully saturated rings. The number of nitrogens with zero attached hydrogens (tertiary/aromatic N) is 3. The van der Waals surface area contributed by atoms with Gasteiger partial charge in [-0.3, -0.25) is 0 Å². The van der Waals surface area contributed by atoms with Crippen molar-refractivity contribution in [2.24, 2.45) is 5.92 Å². The molecule has 0 radical (unpaired) electrons. The molecule has 2 unspecified atom stereocenters. The lowest BCUT2D eigenvalue weighted by molar-refractivity contribution is 0.625. The molecule has 0 spiro atoms. The van der Waals surface area contributed by atoms with Gasteiger partial charge in [-0.2, -0.15) is 0 Å². The van der Waals surface area contributed by atoms with Crippen LogP contribution in [0.5, 0.6) is 0 Å². The first-order chi connectivity index (χ1) is 8.56. The number of hydrogen-bond donors (Lipinski definition) is 0. The maximum absolute atomic E-state index is 6.28. The molecule has 2 atom stereocenters. The first-order valence-corrected chi connectivity index (χ1v) is 7.24. The van der Waals surface area contributed by atoms with E-state index in [1.165, 1.54) is 19.3 Å². The minimum atomic E-state index is 0.553. The van der Waals surface area contributed by atoms with Gasteiger partial charge in [-0.1, -0.05) is 18.5 Å². The van der Waals surface area contributed by atoms with Crippen LogP contribution in [0, 0.1) is 12.8 Å². The zero-order valence-electron chi connectivity index (χ0n) is 11.3. The normalized spacial score (nSPS) is 27.9. The summed E-state index contributed by atoms with van der Waals surface area (Å²) in [4.78, 5) is 11.6. The van der Waals surface area contributed by atoms with Gasteiger partial charge in [0.25, 0.3) is 0 Å². The van der Waals surface area contributed by atoms with Crippen LogP contribution < -0.4 is 4.90 Å². The van der Waals surface area contributed by atoms with E-state index in [4.69, 9.17) is 16.6 Å². The second-order valence-corrected chi connectivity index (χ2v) is 6.30. The van der Waals surface area contributed by atoms with Crippen molar-refractivity contribution in [3.63, 3.8) is 0 Å². The summed E-state index contributed by atoms with van der Waals surface area (Å²) in [6.45, 7) is 7.69. The molecule has 0 N–H and O–H groups in total. The molecule has 3 nitrogen and oxygen atoms in total. The molecule has 0 bridgehead atoms. The highest BCUT2D eigenvalue weighted by molar-refractivity contribution is 6.30. The Morgan fingerprint density at radius 3 is 2.50 bits per heavy atom. The van der Waals surface area contributed by atoms with E-state index in [2.05, 4.69) is 23.7 Å². The third-order valence-electron chi connectivity index (χ3n) is 4.08. The largest absolute Gasteiger partial charge is 0.353 e. The molecule has 0 aromatic carbocycles. The van der Waals surface area contributed by atoms with E-state index in [-0.39, 0.29) is 0 Å². The number of rotatable bonds is 2. The van der Waals surface area contributed by atoms with Crippen molar-refractivity contribution in [3.05, 3.63) is 16.5 Å². The summed E-state index contributed by atoms with van der Waals surface area (Å²) < 4.78 is 0. The van der Waals surface area contributed by atoms with Crippen LogP contribution in [0.25, 0.3) is 0 Å². The van der Waals surface area contributed by atoms with E-state index in [0.29, 0.717) is 17.1 Å². The van der Waals surface area contributed by atoms with Crippen LogP contribution in [-0.4, -0.2) is 22.6 Å². The number of hydrogen-bond acceptors (Lipinski definition) is 3. The van der Waals surface area contributed by atoms with Gasteiger partial charge in [-0.05, 0) is 39.0 Å². The standard InChI is InChI=1S/C14H20ClN3/c1-8-6-9(2)18(7-8)14-10(3)12(15)16-13(17-14)11-4-5-11/h8-9,11H,4-7H2,1-3H3. The van der Waals surface area contributed by atoms with E-state index in [9.17, 15) is 0 Å². The fraction of sp³-hybridized carbons (Fsp3) is 0.714. The van der Waals surface area contributed by atoms with Gasteiger partial charge < -0.3 is 4.90 Å². The molecule has 1 saturated heterocycles. The third-order valence-corrected chi connectivity index (χ3v) is 4.44. The predicted octanol–water partition coefficient (Wildman–Crippen LogP) is 3.55. The molecule has 4 heteroatoms. The Kier molecular flexibility index (Phi) is 2.97. The van der Waals surface area contributed by atoms with Crippen molar-refractivity contribution in [1.82, 2.24) is 9.97 Å². The van der Waals surface area contributed by atoms with Crippen LogP contribution >= 0.6 is 11.6 Å². The Bertz CT molecular complexity index is 470. The van der Waals surface area contributed by atoms with Crippen LogP contribution in [-0.2, 0) is 0 Å². The summed E-state index contributed by atoms with van der Waals surface area (Å²) in [6.07, 6.45) is 3.66. The fourth-order valence-corrected chi connectivity index (χ4v) is 3.06. The van der Waals surface area contributed by atoms with Gasteiger partial charge in [0, 0.05) is 24.1 Å². The smallest absolute Gasteiger partial charge is 0.137 e. The van der Waals surface area contributed by atoms with Crippen LogP contribution in [0.4, 0.5) is 5.82 Å². The molecule has 1 aromatic rings. The van der Waals surface area contributed by atoms with Crippen molar-refractivity contribution < 1.29 is 0 Å². The van der Waals surface area contributed by atoms with Crippen LogP contribution in [0.2, 0.25) is 5.15 Å². The SMILES string of the molecule is Cc1c(Cl)nc(C2CC2)nc1N1CC(C)CC1C. The van der Waals surface area contributed by atoms with E-state index in [0.717, 1.165) is 29.7 Å². The Morgan fingerprint density at radius 1 is 1.22 bits per heavy atom. The maximum atomic E-state index is 6.28. The molecule has 1 aromatic heterocycles. The highest BCUT2D eigenvalue weighted by Gasteiger charge is 2.32. The van der Waals surface area contributed by atoms with E-state index >= 15 is 0 Å². The first-order valence-electron chi connectivity index (χ1n) is 6.87. The quantitative estimate of drug-likeness (QED) is 0.766. The van der Waals surface area contributed by atoms with Gasteiger partial charge in [-0.25, -0.2) is 9.97 Å². The van der Waals surface area contributed by atoms with Gasteiger partial charge in [0.1, 0.15) is 16.8 Å². The van der Waals surface area contributed by atoms with Gasteiger partial charge in [0.15, 0.2) is 0 Å². The molecular formula is C14H20ClN3. The number of anilines is 1. The number of halogens is 1. The molecule has 0 amide bonds. The Balaban J connectivity index is 1.99. The molecule has 1 aliphatic carbocycles. The monoisotopic (exact) mass is 265 g/mol. The lowest BCUT2D eigenvalue weighted by atomic mass is 10.1. The van der Waals surface area contributed by atoms with Crippen LogP contribution in [0.1, 0.15) is 50.4 Å². The summed E-state index contributed by atoms with van der Waals surface area (Å²) in [7, 11) is 0. The molecule has 1 saturated carbocycles. The Labute approximate surface area is 114 Å². The van der Waals surface area contributed by atoms with Crippen LogP contribution in [0.15, 0.2) is 0 Å². The van der Waals surface area contributed by atoms with Crippen molar-refractivity contribution in [3.8, 4) is 0 Å². The lowest BCUT2D eigenvalue weighted by Gasteiger charge is -2.25. The molecule has 2 heterocycles. The van der Waals surface area contributed by atoms with Crippen molar-refractivity contribution in [2.75, 3.05) is 11.4 Å². The molecule has 1 aliphatic heterocycles. The third kappa shape index (κ3) is 2.09. The Hall–Kier alpha value is -0.830. The van der Waals surface area contributed by atoms with Crippen molar-refractivity contribution in [2.45, 2.75) is 52.0 Å². The van der Waals surface area contributed by atoms with Crippen molar-refractivity contribution >= 4 is 17.4 Å². The summed E-state index contributed by atoms with van der Waals surface area (Å²) >= 11 is 6.28. The minimum absolute atomic E-state index is 0.553. The van der Waals surface area contributed by atoms with E-state index in [1.54, 1.807) is 0 Å². The highest BCUT2D eigenvalue weighted by Crippen LogP contribution is 2.40. The predicted molar refractivity (Wildman–Crippen MR) is 74.3 cm³/mol. The van der Waals surface area contributed by atoms with Gasteiger partial charge in [-0.15, -0.1) is 0 Å². The minimum Gasteiger partial charge on any atom is -0.353 e. The zero-order chi connectivity index (χ0) is 12.9. The molecule has 3 rings (SSSR count). The second kappa shape index (κ2) is 4.37. The van der Waals surface area contributed by atoms with Gasteiger partial charge in [0.05, 0.1) is 0 Å². The zero-order valence-corrected chi connectivity index (χ0v) is 12.0. The summed E-state index contributed by atoms with van der Waals surface area (Å²) in [5, 5.41) is 0.633. The molecule has 98 valence electrons. The van der Waals surface area contributed by atoms with Gasteiger partial charge in [0.2, 0.25) is 0 Å². The van der Waals surface area contributed by atoms with E-state index < -0.39 is 0 Å². The van der Waals surface area contributed by atoms with Gasteiger partial charge >= 0.3 is 0 Å². The molecular weight excluding hydrogens is 246 g/mol.